The highest BCUT2D eigenvalue weighted by Crippen LogP contribution is 2.24. The second-order valence-corrected chi connectivity index (χ2v) is 5.12. The molecule has 0 heterocycles. The molecule has 0 bridgehead atoms. The van der Waals surface area contributed by atoms with Gasteiger partial charge in [0.1, 0.15) is 5.56 Å². The van der Waals surface area contributed by atoms with E-state index in [1.807, 2.05) is 0 Å². The number of aromatic carboxylic acids is 1. The molecule has 1 aromatic carbocycles. The van der Waals surface area contributed by atoms with Crippen molar-refractivity contribution in [1.82, 2.24) is 5.32 Å². The first-order valence-corrected chi connectivity index (χ1v) is 7.17. The summed E-state index contributed by atoms with van der Waals surface area (Å²) >= 11 is 7.31. The normalized spacial score (nSPS) is 9.60. The summed E-state index contributed by atoms with van der Waals surface area (Å²) < 4.78 is 0. The molecule has 0 aliphatic heterocycles. The van der Waals surface area contributed by atoms with E-state index in [9.17, 15) is 9.59 Å². The molecule has 2 amide bonds. The predicted octanol–water partition coefficient (Wildman–Crippen LogP) is 2.53. The number of thioether (sulfide) groups is 1. The van der Waals surface area contributed by atoms with Gasteiger partial charge in [0.05, 0.1) is 16.5 Å². The number of amides is 2. The summed E-state index contributed by atoms with van der Waals surface area (Å²) in [6.45, 7) is 0.432. The maximum atomic E-state index is 11.6. The van der Waals surface area contributed by atoms with Gasteiger partial charge in [0.2, 0.25) is 0 Å². The van der Waals surface area contributed by atoms with Crippen molar-refractivity contribution >= 4 is 41.1 Å². The standard InChI is InChI=1S/C13H13ClN2O3S/c1-2-7-20-8-6-15-13(19)16-10-5-3-4-9(14)11(10)12(17)18/h1,3-5H,6-8H2,(H,17,18)(H2,15,16,19). The van der Waals surface area contributed by atoms with Gasteiger partial charge in [0, 0.05) is 12.3 Å². The summed E-state index contributed by atoms with van der Waals surface area (Å²) in [5.74, 6) is 2.54. The molecular weight excluding hydrogens is 300 g/mol. The lowest BCUT2D eigenvalue weighted by molar-refractivity contribution is 0.0698. The van der Waals surface area contributed by atoms with Gasteiger partial charge in [0.25, 0.3) is 0 Å². The fraction of sp³-hybridized carbons (Fsp3) is 0.231. The van der Waals surface area contributed by atoms with Gasteiger partial charge in [-0.1, -0.05) is 23.6 Å². The van der Waals surface area contributed by atoms with Crippen LogP contribution >= 0.6 is 23.4 Å². The van der Waals surface area contributed by atoms with Gasteiger partial charge in [-0.15, -0.1) is 18.2 Å². The van der Waals surface area contributed by atoms with Crippen molar-refractivity contribution in [3.8, 4) is 12.3 Å². The molecule has 20 heavy (non-hydrogen) atoms. The van der Waals surface area contributed by atoms with E-state index in [0.29, 0.717) is 18.1 Å². The van der Waals surface area contributed by atoms with Crippen LogP contribution in [0.3, 0.4) is 0 Å². The summed E-state index contributed by atoms with van der Waals surface area (Å²) in [5.41, 5.74) is 0.0183. The molecular formula is C13H13ClN2O3S. The third kappa shape index (κ3) is 5.03. The number of hydrogen-bond donors (Lipinski definition) is 3. The fourth-order valence-electron chi connectivity index (χ4n) is 1.38. The first-order chi connectivity index (χ1) is 9.56. The summed E-state index contributed by atoms with van der Waals surface area (Å²) in [5, 5.41) is 14.2. The molecule has 0 atom stereocenters. The van der Waals surface area contributed by atoms with Crippen molar-refractivity contribution in [3.63, 3.8) is 0 Å². The van der Waals surface area contributed by atoms with E-state index in [1.165, 1.54) is 23.9 Å². The number of urea groups is 1. The first-order valence-electron chi connectivity index (χ1n) is 5.64. The minimum Gasteiger partial charge on any atom is -0.478 e. The van der Waals surface area contributed by atoms with Crippen molar-refractivity contribution in [2.24, 2.45) is 0 Å². The zero-order valence-corrected chi connectivity index (χ0v) is 12.1. The smallest absolute Gasteiger partial charge is 0.339 e. The number of anilines is 1. The van der Waals surface area contributed by atoms with Crippen LogP contribution in [0.1, 0.15) is 10.4 Å². The number of terminal acetylenes is 1. The number of carbonyl (C=O) groups is 2. The highest BCUT2D eigenvalue weighted by Gasteiger charge is 2.15. The van der Waals surface area contributed by atoms with Gasteiger partial charge in [-0.2, -0.15) is 0 Å². The Balaban J connectivity index is 2.56. The summed E-state index contributed by atoms with van der Waals surface area (Å²) in [6, 6.07) is 4.00. The van der Waals surface area contributed by atoms with Gasteiger partial charge in [-0.25, -0.2) is 9.59 Å². The number of benzene rings is 1. The number of carboxylic acid groups (broad SMARTS) is 1. The largest absolute Gasteiger partial charge is 0.478 e. The van der Waals surface area contributed by atoms with Crippen LogP contribution in [0.4, 0.5) is 10.5 Å². The Hall–Kier alpha value is -1.84. The average Bonchev–Trinajstić information content (AvgIpc) is 2.38. The molecule has 0 unspecified atom stereocenters. The van der Waals surface area contributed by atoms with Gasteiger partial charge >= 0.3 is 12.0 Å². The number of carbonyl (C=O) groups excluding carboxylic acids is 1. The lowest BCUT2D eigenvalue weighted by atomic mass is 10.2. The molecule has 1 rings (SSSR count). The molecule has 0 radical (unpaired) electrons. The number of nitrogens with one attached hydrogen (secondary N) is 2. The lowest BCUT2D eigenvalue weighted by Gasteiger charge is -2.10. The van der Waals surface area contributed by atoms with Crippen molar-refractivity contribution in [1.29, 1.82) is 0 Å². The van der Waals surface area contributed by atoms with E-state index in [1.54, 1.807) is 6.07 Å². The SMILES string of the molecule is C#CCSCCNC(=O)Nc1cccc(Cl)c1C(=O)O. The van der Waals surface area contributed by atoms with Crippen LogP contribution < -0.4 is 10.6 Å². The van der Waals surface area contributed by atoms with E-state index in [-0.39, 0.29) is 16.3 Å². The van der Waals surface area contributed by atoms with Crippen molar-refractivity contribution < 1.29 is 14.7 Å². The number of halogens is 1. The van der Waals surface area contributed by atoms with Crippen LogP contribution in [-0.2, 0) is 0 Å². The van der Waals surface area contributed by atoms with E-state index >= 15 is 0 Å². The maximum Gasteiger partial charge on any atom is 0.339 e. The number of carboxylic acids is 1. The third-order valence-corrected chi connectivity index (χ3v) is 3.37. The highest BCUT2D eigenvalue weighted by molar-refractivity contribution is 7.99. The van der Waals surface area contributed by atoms with Gasteiger partial charge in [-0.3, -0.25) is 0 Å². The van der Waals surface area contributed by atoms with Crippen molar-refractivity contribution in [2.75, 3.05) is 23.4 Å². The Morgan fingerprint density at radius 2 is 2.20 bits per heavy atom. The molecule has 0 saturated heterocycles. The van der Waals surface area contributed by atoms with Crippen LogP contribution in [0, 0.1) is 12.3 Å². The molecule has 0 saturated carbocycles. The highest BCUT2D eigenvalue weighted by atomic mass is 35.5. The Morgan fingerprint density at radius 3 is 2.85 bits per heavy atom. The van der Waals surface area contributed by atoms with Crippen molar-refractivity contribution in [3.05, 3.63) is 28.8 Å². The quantitative estimate of drug-likeness (QED) is 0.557. The third-order valence-electron chi connectivity index (χ3n) is 2.19. The Labute approximate surface area is 126 Å². The van der Waals surface area contributed by atoms with Crippen LogP contribution in [-0.4, -0.2) is 35.2 Å². The molecule has 5 nitrogen and oxygen atoms in total. The van der Waals surface area contributed by atoms with E-state index in [2.05, 4.69) is 16.6 Å². The molecule has 106 valence electrons. The van der Waals surface area contributed by atoms with Crippen LogP contribution in [0.2, 0.25) is 5.02 Å². The van der Waals surface area contributed by atoms with Crippen LogP contribution in [0.15, 0.2) is 18.2 Å². The topological polar surface area (TPSA) is 78.4 Å². The zero-order chi connectivity index (χ0) is 15.0. The van der Waals surface area contributed by atoms with E-state index < -0.39 is 12.0 Å². The molecule has 3 N–H and O–H groups in total. The minimum absolute atomic E-state index is 0.0693. The average molecular weight is 313 g/mol. The lowest BCUT2D eigenvalue weighted by Crippen LogP contribution is -2.31. The molecule has 0 spiro atoms. The minimum atomic E-state index is -1.20. The van der Waals surface area contributed by atoms with E-state index in [4.69, 9.17) is 23.1 Å². The monoisotopic (exact) mass is 312 g/mol. The second kappa shape index (κ2) is 8.35. The summed E-state index contributed by atoms with van der Waals surface area (Å²) in [7, 11) is 0. The van der Waals surface area contributed by atoms with Gasteiger partial charge < -0.3 is 15.7 Å². The molecule has 7 heteroatoms. The van der Waals surface area contributed by atoms with E-state index in [0.717, 1.165) is 0 Å². The predicted molar refractivity (Wildman–Crippen MR) is 81.6 cm³/mol. The Morgan fingerprint density at radius 1 is 1.45 bits per heavy atom. The Bertz CT molecular complexity index is 543. The van der Waals surface area contributed by atoms with Crippen LogP contribution in [0.5, 0.6) is 0 Å². The first kappa shape index (κ1) is 16.2. The van der Waals surface area contributed by atoms with Gasteiger partial charge in [-0.05, 0) is 12.1 Å². The van der Waals surface area contributed by atoms with Crippen molar-refractivity contribution in [2.45, 2.75) is 0 Å². The second-order valence-electron chi connectivity index (χ2n) is 3.61. The summed E-state index contributed by atoms with van der Waals surface area (Å²) in [4.78, 5) is 22.7. The Kier molecular flexibility index (Phi) is 6.77. The molecule has 0 aromatic heterocycles. The summed E-state index contributed by atoms with van der Waals surface area (Å²) in [6.07, 6.45) is 5.09. The molecule has 0 fully saturated rings. The molecule has 0 aliphatic carbocycles. The molecule has 1 aromatic rings. The fourth-order valence-corrected chi connectivity index (χ4v) is 2.14. The zero-order valence-electron chi connectivity index (χ0n) is 10.5. The molecule has 0 aliphatic rings. The van der Waals surface area contributed by atoms with Gasteiger partial charge in [0.15, 0.2) is 0 Å². The van der Waals surface area contributed by atoms with Crippen LogP contribution in [0.25, 0.3) is 0 Å². The number of hydrogen-bond acceptors (Lipinski definition) is 3. The maximum absolute atomic E-state index is 11.6. The number of rotatable bonds is 6.